The van der Waals surface area contributed by atoms with Gasteiger partial charge in [0.15, 0.2) is 0 Å². The van der Waals surface area contributed by atoms with E-state index in [-0.39, 0.29) is 11.8 Å². The van der Waals surface area contributed by atoms with Crippen LogP contribution >= 0.6 is 0 Å². The van der Waals surface area contributed by atoms with Crippen molar-refractivity contribution in [3.8, 4) is 0 Å². The lowest BCUT2D eigenvalue weighted by Gasteiger charge is -2.19. The topological polar surface area (TPSA) is 69.6 Å². The van der Waals surface area contributed by atoms with E-state index in [0.717, 1.165) is 12.8 Å². The highest BCUT2D eigenvalue weighted by atomic mass is 16.4. The van der Waals surface area contributed by atoms with Crippen molar-refractivity contribution in [3.05, 3.63) is 0 Å². The minimum Gasteiger partial charge on any atom is -0.465 e. The normalized spacial score (nSPS) is 17.7. The van der Waals surface area contributed by atoms with Gasteiger partial charge in [0.2, 0.25) is 5.91 Å². The number of rotatable bonds is 3. The van der Waals surface area contributed by atoms with Gasteiger partial charge in [-0.15, -0.1) is 0 Å². The van der Waals surface area contributed by atoms with Gasteiger partial charge in [0, 0.05) is 14.1 Å². The third-order valence-corrected chi connectivity index (χ3v) is 2.08. The summed E-state index contributed by atoms with van der Waals surface area (Å²) in [5.74, 6) is 0.0379. The highest BCUT2D eigenvalue weighted by Crippen LogP contribution is 2.33. The van der Waals surface area contributed by atoms with Crippen molar-refractivity contribution in [1.29, 1.82) is 0 Å². The van der Waals surface area contributed by atoms with E-state index in [9.17, 15) is 9.59 Å². The van der Waals surface area contributed by atoms with E-state index in [1.165, 1.54) is 4.90 Å². The second-order valence-corrected chi connectivity index (χ2v) is 3.50. The van der Waals surface area contributed by atoms with Gasteiger partial charge in [0.1, 0.15) is 6.04 Å². The summed E-state index contributed by atoms with van der Waals surface area (Å²) in [5.41, 5.74) is 0. The van der Waals surface area contributed by atoms with Crippen molar-refractivity contribution in [3.63, 3.8) is 0 Å². The van der Waals surface area contributed by atoms with Gasteiger partial charge in [-0.2, -0.15) is 0 Å². The quantitative estimate of drug-likeness (QED) is 0.657. The number of carboxylic acid groups (broad SMARTS) is 1. The number of amides is 2. The molecule has 0 aromatic rings. The molecule has 0 aromatic carbocycles. The number of carbonyl (C=O) groups is 2. The lowest BCUT2D eigenvalue weighted by molar-refractivity contribution is -0.131. The standard InChI is InChI=1S/C8H14N2O3/c1-10(2)7(11)6(5-3-4-5)9-8(12)13/h5-6,9H,3-4H2,1-2H3,(H,12,13)/t6-/m0/s1. The summed E-state index contributed by atoms with van der Waals surface area (Å²) >= 11 is 0. The van der Waals surface area contributed by atoms with Crippen LogP contribution in [0.5, 0.6) is 0 Å². The van der Waals surface area contributed by atoms with E-state index in [1.54, 1.807) is 14.1 Å². The van der Waals surface area contributed by atoms with Crippen LogP contribution in [0.4, 0.5) is 4.79 Å². The van der Waals surface area contributed by atoms with E-state index in [2.05, 4.69) is 5.32 Å². The summed E-state index contributed by atoms with van der Waals surface area (Å²) in [6.07, 6.45) is 0.738. The largest absolute Gasteiger partial charge is 0.465 e. The van der Waals surface area contributed by atoms with Crippen molar-refractivity contribution in [2.45, 2.75) is 18.9 Å². The first-order chi connectivity index (χ1) is 6.02. The monoisotopic (exact) mass is 186 g/mol. The summed E-state index contributed by atoms with van der Waals surface area (Å²) in [6, 6.07) is -0.549. The highest BCUT2D eigenvalue weighted by Gasteiger charge is 2.37. The van der Waals surface area contributed by atoms with Crippen LogP contribution < -0.4 is 5.32 Å². The van der Waals surface area contributed by atoms with Gasteiger partial charge < -0.3 is 15.3 Å². The zero-order chi connectivity index (χ0) is 10.0. The summed E-state index contributed by atoms with van der Waals surface area (Å²) in [5, 5.41) is 10.8. The molecule has 0 unspecified atom stereocenters. The fourth-order valence-corrected chi connectivity index (χ4v) is 1.22. The first-order valence-corrected chi connectivity index (χ1v) is 4.23. The Bertz CT molecular complexity index is 223. The zero-order valence-corrected chi connectivity index (χ0v) is 7.78. The molecule has 2 amide bonds. The van der Waals surface area contributed by atoms with Gasteiger partial charge in [-0.05, 0) is 18.8 Å². The van der Waals surface area contributed by atoms with Crippen LogP contribution in [-0.2, 0) is 4.79 Å². The second-order valence-electron chi connectivity index (χ2n) is 3.50. The van der Waals surface area contributed by atoms with Crippen molar-refractivity contribution in [1.82, 2.24) is 10.2 Å². The molecule has 0 spiro atoms. The Balaban J connectivity index is 2.56. The lowest BCUT2D eigenvalue weighted by atomic mass is 10.1. The van der Waals surface area contributed by atoms with Gasteiger partial charge >= 0.3 is 6.09 Å². The molecule has 1 rings (SSSR count). The summed E-state index contributed by atoms with van der Waals surface area (Å²) in [7, 11) is 3.25. The Morgan fingerprint density at radius 1 is 1.46 bits per heavy atom. The summed E-state index contributed by atoms with van der Waals surface area (Å²) in [4.78, 5) is 23.3. The summed E-state index contributed by atoms with van der Waals surface area (Å²) < 4.78 is 0. The average molecular weight is 186 g/mol. The number of nitrogens with zero attached hydrogens (tertiary/aromatic N) is 1. The molecular weight excluding hydrogens is 172 g/mol. The van der Waals surface area contributed by atoms with Crippen molar-refractivity contribution in [2.24, 2.45) is 5.92 Å². The smallest absolute Gasteiger partial charge is 0.405 e. The first-order valence-electron chi connectivity index (χ1n) is 4.23. The number of likely N-dealkylation sites (N-methyl/N-ethyl adjacent to an activating group) is 1. The van der Waals surface area contributed by atoms with Gasteiger partial charge in [-0.3, -0.25) is 4.79 Å². The highest BCUT2D eigenvalue weighted by molar-refractivity contribution is 5.85. The van der Waals surface area contributed by atoms with Gasteiger partial charge in [0.05, 0.1) is 0 Å². The van der Waals surface area contributed by atoms with Crippen LogP contribution in [0.1, 0.15) is 12.8 Å². The van der Waals surface area contributed by atoms with E-state index in [0.29, 0.717) is 0 Å². The molecule has 0 radical (unpaired) electrons. The number of hydrogen-bond donors (Lipinski definition) is 2. The predicted molar refractivity (Wildman–Crippen MR) is 46.4 cm³/mol. The minimum absolute atomic E-state index is 0.162. The van der Waals surface area contributed by atoms with Crippen molar-refractivity contribution < 1.29 is 14.7 Å². The Labute approximate surface area is 76.7 Å². The molecule has 0 bridgehead atoms. The molecule has 1 fully saturated rings. The van der Waals surface area contributed by atoms with Crippen LogP contribution in [0.2, 0.25) is 0 Å². The maximum absolute atomic E-state index is 11.5. The molecule has 1 saturated carbocycles. The zero-order valence-electron chi connectivity index (χ0n) is 7.78. The second kappa shape index (κ2) is 3.64. The molecular formula is C8H14N2O3. The van der Waals surface area contributed by atoms with E-state index < -0.39 is 12.1 Å². The van der Waals surface area contributed by atoms with Crippen LogP contribution in [0, 0.1) is 5.92 Å². The Kier molecular flexibility index (Phi) is 2.75. The summed E-state index contributed by atoms with van der Waals surface area (Å²) in [6.45, 7) is 0. The number of nitrogens with one attached hydrogen (secondary N) is 1. The Morgan fingerprint density at radius 2 is 2.00 bits per heavy atom. The van der Waals surface area contributed by atoms with E-state index in [4.69, 9.17) is 5.11 Å². The molecule has 5 heteroatoms. The van der Waals surface area contributed by atoms with Crippen LogP contribution in [-0.4, -0.2) is 42.1 Å². The molecule has 1 aliphatic carbocycles. The molecule has 13 heavy (non-hydrogen) atoms. The Morgan fingerprint density at radius 3 is 2.31 bits per heavy atom. The van der Waals surface area contributed by atoms with Gasteiger partial charge in [-0.1, -0.05) is 0 Å². The predicted octanol–water partition coefficient (Wildman–Crippen LogP) is 0.121. The third-order valence-electron chi connectivity index (χ3n) is 2.08. The Hall–Kier alpha value is -1.26. The molecule has 74 valence electrons. The van der Waals surface area contributed by atoms with Crippen LogP contribution in [0.3, 0.4) is 0 Å². The van der Waals surface area contributed by atoms with Gasteiger partial charge in [0.25, 0.3) is 0 Å². The number of carbonyl (C=O) groups excluding carboxylic acids is 1. The fourth-order valence-electron chi connectivity index (χ4n) is 1.22. The van der Waals surface area contributed by atoms with Crippen LogP contribution in [0.25, 0.3) is 0 Å². The van der Waals surface area contributed by atoms with Crippen LogP contribution in [0.15, 0.2) is 0 Å². The fraction of sp³-hybridized carbons (Fsp3) is 0.750. The number of hydrogen-bond acceptors (Lipinski definition) is 2. The molecule has 5 nitrogen and oxygen atoms in total. The van der Waals surface area contributed by atoms with Crippen molar-refractivity contribution in [2.75, 3.05) is 14.1 Å². The molecule has 1 aliphatic rings. The van der Waals surface area contributed by atoms with Gasteiger partial charge in [-0.25, -0.2) is 4.79 Å². The lowest BCUT2D eigenvalue weighted by Crippen LogP contribution is -2.47. The molecule has 0 aliphatic heterocycles. The maximum atomic E-state index is 11.5. The molecule has 0 heterocycles. The average Bonchev–Trinajstić information content (AvgIpc) is 2.80. The molecule has 0 aromatic heterocycles. The molecule has 0 saturated heterocycles. The van der Waals surface area contributed by atoms with Crippen molar-refractivity contribution >= 4 is 12.0 Å². The first kappa shape index (κ1) is 9.83. The maximum Gasteiger partial charge on any atom is 0.405 e. The molecule has 2 N–H and O–H groups in total. The third kappa shape index (κ3) is 2.61. The SMILES string of the molecule is CN(C)C(=O)[C@@H](NC(=O)O)C1CC1. The minimum atomic E-state index is -1.13. The van der Waals surface area contributed by atoms with E-state index >= 15 is 0 Å². The van der Waals surface area contributed by atoms with E-state index in [1.807, 2.05) is 0 Å². The molecule has 1 atom stereocenters.